The molecule has 206 valence electrons. The highest BCUT2D eigenvalue weighted by Gasteiger charge is 2.45. The Morgan fingerprint density at radius 3 is 1.81 bits per heavy atom. The Bertz CT molecular complexity index is 981. The number of aliphatic hydroxyl groups excluding tert-OH is 3. The van der Waals surface area contributed by atoms with Crippen molar-refractivity contribution < 1.29 is 20.1 Å². The number of benzene rings is 2. The van der Waals surface area contributed by atoms with Crippen LogP contribution < -0.4 is 10.5 Å². The molecule has 1 aliphatic carbocycles. The Morgan fingerprint density at radius 1 is 0.838 bits per heavy atom. The van der Waals surface area contributed by atoms with Gasteiger partial charge in [0.05, 0.1) is 25.2 Å². The van der Waals surface area contributed by atoms with Gasteiger partial charge in [-0.2, -0.15) is 0 Å². The van der Waals surface area contributed by atoms with Crippen molar-refractivity contribution in [1.82, 2.24) is 0 Å². The third-order valence-corrected chi connectivity index (χ3v) is 8.06. The van der Waals surface area contributed by atoms with Crippen molar-refractivity contribution in [1.29, 1.82) is 0 Å². The first kappa shape index (κ1) is 29.6. The van der Waals surface area contributed by atoms with E-state index < -0.39 is 31.3 Å². The third kappa shape index (κ3) is 6.39. The summed E-state index contributed by atoms with van der Waals surface area (Å²) in [4.78, 5) is 0. The molecule has 5 heteroatoms. The molecule has 2 aromatic carbocycles. The number of ether oxygens (including phenoxy) is 1. The highest BCUT2D eigenvalue weighted by atomic mass is 16.5. The van der Waals surface area contributed by atoms with E-state index in [0.717, 1.165) is 40.8 Å². The van der Waals surface area contributed by atoms with Gasteiger partial charge in [-0.15, -0.1) is 0 Å². The van der Waals surface area contributed by atoms with E-state index in [1.165, 1.54) is 24.8 Å². The summed E-state index contributed by atoms with van der Waals surface area (Å²) in [6.45, 7) is 12.1. The second-order valence-corrected chi connectivity index (χ2v) is 13.0. The minimum atomic E-state index is -1.29. The lowest BCUT2D eigenvalue weighted by Gasteiger charge is -2.42. The summed E-state index contributed by atoms with van der Waals surface area (Å²) in [5.74, 6) is 1.18. The standard InChI is InChI=1S/C32H49NO4/c1-30(2,3)25-16-22(18-33)17-26(31(4,5)6)28(25)29(32(19-34,20-35)21-36)37-27-15-11-10-14-24(27)23-12-8-7-9-13-23/h10-11,14-17,23,29,34-36H,7-9,12-13,18-21,33H2,1-6H3. The summed E-state index contributed by atoms with van der Waals surface area (Å²) in [5, 5.41) is 32.0. The summed E-state index contributed by atoms with van der Waals surface area (Å²) in [5.41, 5.74) is 9.55. The van der Waals surface area contributed by atoms with Crippen LogP contribution in [-0.2, 0) is 17.4 Å². The topological polar surface area (TPSA) is 95.9 Å². The predicted octanol–water partition coefficient (Wildman–Crippen LogP) is 5.87. The molecular weight excluding hydrogens is 462 g/mol. The van der Waals surface area contributed by atoms with Gasteiger partial charge in [-0.05, 0) is 57.9 Å². The molecule has 1 saturated carbocycles. The summed E-state index contributed by atoms with van der Waals surface area (Å²) in [7, 11) is 0. The molecule has 3 rings (SSSR count). The lowest BCUT2D eigenvalue weighted by molar-refractivity contribution is -0.0756. The average Bonchev–Trinajstić information content (AvgIpc) is 2.88. The summed E-state index contributed by atoms with van der Waals surface area (Å²) < 4.78 is 6.96. The number of aliphatic hydroxyl groups is 3. The van der Waals surface area contributed by atoms with Crippen LogP contribution in [0.2, 0.25) is 0 Å². The molecular formula is C32H49NO4. The van der Waals surface area contributed by atoms with E-state index in [1.807, 2.05) is 12.1 Å². The van der Waals surface area contributed by atoms with Gasteiger partial charge in [0.15, 0.2) is 0 Å². The van der Waals surface area contributed by atoms with Gasteiger partial charge < -0.3 is 25.8 Å². The van der Waals surface area contributed by atoms with Gasteiger partial charge in [0.2, 0.25) is 0 Å². The van der Waals surface area contributed by atoms with E-state index in [9.17, 15) is 15.3 Å². The van der Waals surface area contributed by atoms with Gasteiger partial charge >= 0.3 is 0 Å². The minimum absolute atomic E-state index is 0.267. The molecule has 0 amide bonds. The van der Waals surface area contributed by atoms with Gasteiger partial charge in [-0.1, -0.05) is 91.1 Å². The van der Waals surface area contributed by atoms with Gasteiger partial charge in [-0.3, -0.25) is 0 Å². The fourth-order valence-corrected chi connectivity index (χ4v) is 5.71. The maximum atomic E-state index is 10.7. The van der Waals surface area contributed by atoms with E-state index >= 15 is 0 Å². The third-order valence-electron chi connectivity index (χ3n) is 8.06. The number of rotatable bonds is 9. The van der Waals surface area contributed by atoms with Crippen molar-refractivity contribution >= 4 is 0 Å². The maximum Gasteiger partial charge on any atom is 0.137 e. The normalized spacial score (nSPS) is 16.6. The molecule has 1 unspecified atom stereocenters. The first-order valence-electron chi connectivity index (χ1n) is 13.9. The summed E-state index contributed by atoms with van der Waals surface area (Å²) >= 11 is 0. The van der Waals surface area contributed by atoms with Crippen LogP contribution in [0.15, 0.2) is 36.4 Å². The van der Waals surface area contributed by atoms with Gasteiger partial charge in [0.25, 0.3) is 0 Å². The van der Waals surface area contributed by atoms with Crippen LogP contribution in [0.3, 0.4) is 0 Å². The highest BCUT2D eigenvalue weighted by Crippen LogP contribution is 2.48. The molecule has 0 heterocycles. The van der Waals surface area contributed by atoms with Crippen LogP contribution in [0.1, 0.15) is 113 Å². The molecule has 1 atom stereocenters. The Labute approximate surface area is 224 Å². The number of hydrogen-bond donors (Lipinski definition) is 4. The van der Waals surface area contributed by atoms with E-state index in [0.29, 0.717) is 12.5 Å². The molecule has 0 saturated heterocycles. The molecule has 1 aliphatic rings. The molecule has 2 aromatic rings. The van der Waals surface area contributed by atoms with E-state index in [-0.39, 0.29) is 10.8 Å². The molecule has 0 spiro atoms. The monoisotopic (exact) mass is 511 g/mol. The zero-order valence-corrected chi connectivity index (χ0v) is 23.8. The largest absolute Gasteiger partial charge is 0.485 e. The molecule has 0 aromatic heterocycles. The number of hydrogen-bond acceptors (Lipinski definition) is 5. The Balaban J connectivity index is 2.33. The fourth-order valence-electron chi connectivity index (χ4n) is 5.71. The Morgan fingerprint density at radius 2 is 1.35 bits per heavy atom. The van der Waals surface area contributed by atoms with Gasteiger partial charge in [0.1, 0.15) is 11.9 Å². The van der Waals surface area contributed by atoms with Crippen molar-refractivity contribution in [3.8, 4) is 5.75 Å². The molecule has 5 nitrogen and oxygen atoms in total. The molecule has 5 N–H and O–H groups in total. The van der Waals surface area contributed by atoms with Crippen LogP contribution in [0.4, 0.5) is 0 Å². The first-order chi connectivity index (χ1) is 17.4. The lowest BCUT2D eigenvalue weighted by Crippen LogP contribution is -2.44. The van der Waals surface area contributed by atoms with Crippen molar-refractivity contribution in [3.05, 3.63) is 64.2 Å². The predicted molar refractivity (Wildman–Crippen MR) is 151 cm³/mol. The zero-order chi connectivity index (χ0) is 27.4. The SMILES string of the molecule is CC(C)(C)c1cc(CN)cc(C(C)(C)C)c1C(Oc1ccccc1C1CCCCC1)C(CO)(CO)CO. The zero-order valence-electron chi connectivity index (χ0n) is 23.8. The number of nitrogens with two attached hydrogens (primary N) is 1. The van der Waals surface area contributed by atoms with Crippen molar-refractivity contribution in [2.75, 3.05) is 19.8 Å². The molecule has 0 bridgehead atoms. The number of para-hydroxylation sites is 1. The minimum Gasteiger partial charge on any atom is -0.485 e. The van der Waals surface area contributed by atoms with E-state index in [1.54, 1.807) is 0 Å². The quantitative estimate of drug-likeness (QED) is 0.338. The van der Waals surface area contributed by atoms with Crippen LogP contribution >= 0.6 is 0 Å². The van der Waals surface area contributed by atoms with Crippen molar-refractivity contribution in [3.63, 3.8) is 0 Å². The van der Waals surface area contributed by atoms with Crippen LogP contribution in [-0.4, -0.2) is 35.1 Å². The van der Waals surface area contributed by atoms with Crippen LogP contribution in [0, 0.1) is 5.41 Å². The lowest BCUT2D eigenvalue weighted by atomic mass is 9.69. The summed E-state index contributed by atoms with van der Waals surface area (Å²) in [6.07, 6.45) is 5.16. The Hall–Kier alpha value is -1.92. The smallest absolute Gasteiger partial charge is 0.137 e. The second-order valence-electron chi connectivity index (χ2n) is 13.0. The maximum absolute atomic E-state index is 10.7. The Kier molecular flexibility index (Phi) is 9.50. The molecule has 37 heavy (non-hydrogen) atoms. The molecule has 0 radical (unpaired) electrons. The first-order valence-corrected chi connectivity index (χ1v) is 13.9. The van der Waals surface area contributed by atoms with E-state index in [4.69, 9.17) is 10.5 Å². The van der Waals surface area contributed by atoms with Crippen LogP contribution in [0.5, 0.6) is 5.75 Å². The molecule has 1 fully saturated rings. The highest BCUT2D eigenvalue weighted by molar-refractivity contribution is 5.49. The van der Waals surface area contributed by atoms with Crippen LogP contribution in [0.25, 0.3) is 0 Å². The van der Waals surface area contributed by atoms with Gasteiger partial charge in [0, 0.05) is 12.1 Å². The summed E-state index contributed by atoms with van der Waals surface area (Å²) in [6, 6.07) is 12.4. The van der Waals surface area contributed by atoms with Crippen molar-refractivity contribution in [2.45, 2.75) is 103 Å². The second kappa shape index (κ2) is 11.9. The fraction of sp³-hybridized carbons (Fsp3) is 0.625. The average molecular weight is 512 g/mol. The van der Waals surface area contributed by atoms with Gasteiger partial charge in [-0.25, -0.2) is 0 Å². The molecule has 0 aliphatic heterocycles. The van der Waals surface area contributed by atoms with Crippen molar-refractivity contribution in [2.24, 2.45) is 11.1 Å². The van der Waals surface area contributed by atoms with E-state index in [2.05, 4.69) is 65.8 Å².